The Kier molecular flexibility index (Phi) is 3.98. The normalized spacial score (nSPS) is 11.5. The quantitative estimate of drug-likeness (QED) is 0.241. The van der Waals surface area contributed by atoms with Crippen molar-refractivity contribution < 1.29 is 0 Å². The van der Waals surface area contributed by atoms with Crippen molar-refractivity contribution in [3.63, 3.8) is 0 Å². The van der Waals surface area contributed by atoms with E-state index < -0.39 is 0 Å². The summed E-state index contributed by atoms with van der Waals surface area (Å²) in [5.74, 6) is 0. The first kappa shape index (κ1) is 18.9. The monoisotopic (exact) mass is 429 g/mol. The van der Waals surface area contributed by atoms with Gasteiger partial charge in [-0.3, -0.25) is 0 Å². The highest BCUT2D eigenvalue weighted by Crippen LogP contribution is 2.58. The van der Waals surface area contributed by atoms with E-state index in [2.05, 4.69) is 102 Å². The van der Waals surface area contributed by atoms with Gasteiger partial charge in [-0.25, -0.2) is 4.85 Å². The lowest BCUT2D eigenvalue weighted by molar-refractivity contribution is 1.62. The first-order valence-electron chi connectivity index (χ1n) is 11.5. The Morgan fingerprint density at radius 2 is 1.00 bits per heavy atom. The first-order valence-corrected chi connectivity index (χ1v) is 11.5. The van der Waals surface area contributed by atoms with E-state index in [0.717, 1.165) is 11.1 Å². The number of rotatable bonds is 2. The molecule has 0 saturated carbocycles. The standard InChI is InChI=1S/C33H19N/c1-34-28-20-8-7-17-25(28)31-24-16-6-5-15-23(24)30(22-11-3-2-4-12-22)32-26-18-9-13-21-14-10-19-27(29(21)26)33(31)32/h2-20H. The van der Waals surface area contributed by atoms with Gasteiger partial charge in [0.25, 0.3) is 0 Å². The summed E-state index contributed by atoms with van der Waals surface area (Å²) in [6.45, 7) is 7.88. The molecule has 0 N–H and O–H groups in total. The van der Waals surface area contributed by atoms with Crippen molar-refractivity contribution in [2.24, 2.45) is 0 Å². The molecule has 0 aliphatic heterocycles. The summed E-state index contributed by atoms with van der Waals surface area (Å²) in [5.41, 5.74) is 10.3. The van der Waals surface area contributed by atoms with Gasteiger partial charge in [0.05, 0.1) is 6.57 Å². The minimum atomic E-state index is 0.686. The number of para-hydroxylation sites is 1. The van der Waals surface area contributed by atoms with Crippen molar-refractivity contribution in [2.75, 3.05) is 0 Å². The fraction of sp³-hybridized carbons (Fsp3) is 0. The summed E-state index contributed by atoms with van der Waals surface area (Å²) < 4.78 is 0. The summed E-state index contributed by atoms with van der Waals surface area (Å²) in [4.78, 5) is 3.91. The Hall–Kier alpha value is -4.67. The van der Waals surface area contributed by atoms with Crippen LogP contribution in [0.25, 0.3) is 70.9 Å². The van der Waals surface area contributed by atoms with Gasteiger partial charge in [-0.1, -0.05) is 115 Å². The van der Waals surface area contributed by atoms with Crippen LogP contribution in [0.15, 0.2) is 115 Å². The molecule has 0 heterocycles. The number of hydrogen-bond donors (Lipinski definition) is 0. The van der Waals surface area contributed by atoms with E-state index in [4.69, 9.17) is 6.57 Å². The van der Waals surface area contributed by atoms with Crippen molar-refractivity contribution in [3.05, 3.63) is 127 Å². The van der Waals surface area contributed by atoms with Crippen LogP contribution in [0.3, 0.4) is 0 Å². The van der Waals surface area contributed by atoms with Gasteiger partial charge < -0.3 is 0 Å². The molecule has 0 saturated heterocycles. The third-order valence-electron chi connectivity index (χ3n) is 7.02. The number of nitrogens with zero attached hydrogens (tertiary/aromatic N) is 1. The smallest absolute Gasteiger partial charge is 0.194 e. The maximum absolute atomic E-state index is 7.88. The highest BCUT2D eigenvalue weighted by molar-refractivity contribution is 6.27. The van der Waals surface area contributed by atoms with Crippen molar-refractivity contribution in [1.29, 1.82) is 0 Å². The summed E-state index contributed by atoms with van der Waals surface area (Å²) in [7, 11) is 0. The Morgan fingerprint density at radius 3 is 1.71 bits per heavy atom. The number of hydrogen-bond acceptors (Lipinski definition) is 0. The van der Waals surface area contributed by atoms with E-state index in [-0.39, 0.29) is 0 Å². The van der Waals surface area contributed by atoms with Crippen LogP contribution in [0, 0.1) is 6.57 Å². The summed E-state index contributed by atoms with van der Waals surface area (Å²) in [6, 6.07) is 40.6. The van der Waals surface area contributed by atoms with Crippen molar-refractivity contribution in [1.82, 2.24) is 0 Å². The zero-order valence-electron chi connectivity index (χ0n) is 18.4. The Labute approximate surface area is 198 Å². The van der Waals surface area contributed by atoms with Gasteiger partial charge in [-0.15, -0.1) is 0 Å². The van der Waals surface area contributed by atoms with Crippen LogP contribution >= 0.6 is 0 Å². The molecule has 1 aliphatic carbocycles. The lowest BCUT2D eigenvalue weighted by atomic mass is 9.82. The zero-order chi connectivity index (χ0) is 22.6. The molecule has 0 bridgehead atoms. The van der Waals surface area contributed by atoms with Crippen LogP contribution in [-0.2, 0) is 0 Å². The van der Waals surface area contributed by atoms with Gasteiger partial charge in [0.1, 0.15) is 0 Å². The molecule has 0 amide bonds. The van der Waals surface area contributed by atoms with Crippen LogP contribution in [0.1, 0.15) is 0 Å². The Balaban J connectivity index is 1.78. The van der Waals surface area contributed by atoms with E-state index in [0.29, 0.717) is 5.69 Å². The van der Waals surface area contributed by atoms with Crippen molar-refractivity contribution in [2.45, 2.75) is 0 Å². The first-order chi connectivity index (χ1) is 16.9. The van der Waals surface area contributed by atoms with Crippen LogP contribution in [-0.4, -0.2) is 0 Å². The maximum atomic E-state index is 7.88. The van der Waals surface area contributed by atoms with E-state index in [1.807, 2.05) is 18.2 Å². The molecule has 0 fully saturated rings. The zero-order valence-corrected chi connectivity index (χ0v) is 18.4. The average molecular weight is 430 g/mol. The molecule has 34 heavy (non-hydrogen) atoms. The molecule has 1 heteroatoms. The summed E-state index contributed by atoms with van der Waals surface area (Å²) in [6.07, 6.45) is 0. The average Bonchev–Trinajstić information content (AvgIpc) is 3.23. The van der Waals surface area contributed by atoms with Gasteiger partial charge in [0, 0.05) is 0 Å². The van der Waals surface area contributed by atoms with Gasteiger partial charge in [-0.2, -0.15) is 0 Å². The minimum absolute atomic E-state index is 0.686. The summed E-state index contributed by atoms with van der Waals surface area (Å²) >= 11 is 0. The second kappa shape index (κ2) is 7.17. The maximum Gasteiger partial charge on any atom is 0.194 e. The molecular formula is C33H19N. The lowest BCUT2D eigenvalue weighted by Crippen LogP contribution is -1.93. The minimum Gasteiger partial charge on any atom is -0.238 e. The topological polar surface area (TPSA) is 4.36 Å². The third kappa shape index (κ3) is 2.48. The molecule has 1 nitrogen and oxygen atoms in total. The second-order valence-electron chi connectivity index (χ2n) is 8.75. The SMILES string of the molecule is [C-]#[N+]c1ccccc1-c1c2c(c(-c3ccccc3)c3ccccc13)-c1cccc3cccc-2c13. The molecule has 0 spiro atoms. The van der Waals surface area contributed by atoms with Crippen molar-refractivity contribution >= 4 is 27.2 Å². The van der Waals surface area contributed by atoms with Gasteiger partial charge in [0.15, 0.2) is 5.69 Å². The van der Waals surface area contributed by atoms with E-state index in [9.17, 15) is 0 Å². The molecule has 1 aliphatic rings. The molecule has 6 aromatic carbocycles. The van der Waals surface area contributed by atoms with Crippen LogP contribution in [0.4, 0.5) is 5.69 Å². The predicted octanol–water partition coefficient (Wildman–Crippen LogP) is 9.53. The molecule has 0 atom stereocenters. The van der Waals surface area contributed by atoms with Crippen LogP contribution in [0.5, 0.6) is 0 Å². The molecule has 156 valence electrons. The molecule has 6 aromatic rings. The molecule has 0 aromatic heterocycles. The highest BCUT2D eigenvalue weighted by Gasteiger charge is 2.30. The van der Waals surface area contributed by atoms with E-state index >= 15 is 0 Å². The summed E-state index contributed by atoms with van der Waals surface area (Å²) in [5, 5.41) is 4.95. The third-order valence-corrected chi connectivity index (χ3v) is 7.02. The van der Waals surface area contributed by atoms with Crippen LogP contribution < -0.4 is 0 Å². The Bertz CT molecular complexity index is 1800. The largest absolute Gasteiger partial charge is 0.238 e. The second-order valence-corrected chi connectivity index (χ2v) is 8.75. The van der Waals surface area contributed by atoms with Crippen molar-refractivity contribution in [3.8, 4) is 44.5 Å². The van der Waals surface area contributed by atoms with E-state index in [1.54, 1.807) is 0 Å². The molecular weight excluding hydrogens is 410 g/mol. The van der Waals surface area contributed by atoms with Gasteiger partial charge >= 0.3 is 0 Å². The Morgan fingerprint density at radius 1 is 0.441 bits per heavy atom. The predicted molar refractivity (Wildman–Crippen MR) is 143 cm³/mol. The lowest BCUT2D eigenvalue weighted by Gasteiger charge is -2.21. The number of benzene rings is 6. The van der Waals surface area contributed by atoms with E-state index in [1.165, 1.54) is 54.9 Å². The fourth-order valence-electron chi connectivity index (χ4n) is 5.70. The van der Waals surface area contributed by atoms with Crippen LogP contribution in [0.2, 0.25) is 0 Å². The fourth-order valence-corrected chi connectivity index (χ4v) is 5.70. The van der Waals surface area contributed by atoms with Gasteiger partial charge in [0.2, 0.25) is 0 Å². The molecule has 7 rings (SSSR count). The molecule has 0 unspecified atom stereocenters. The highest BCUT2D eigenvalue weighted by atomic mass is 14.6. The molecule has 0 radical (unpaired) electrons. The number of fused-ring (bicyclic) bond motifs is 4. The van der Waals surface area contributed by atoms with Gasteiger partial charge in [-0.05, 0) is 66.1 Å².